The van der Waals surface area contributed by atoms with Gasteiger partial charge in [0.2, 0.25) is 11.0 Å². The number of aliphatic carboxylic acids is 1. The van der Waals surface area contributed by atoms with Crippen molar-refractivity contribution in [2.45, 2.75) is 45.6 Å². The van der Waals surface area contributed by atoms with E-state index in [1.54, 1.807) is 11.8 Å². The van der Waals surface area contributed by atoms with Crippen LogP contribution in [0.3, 0.4) is 0 Å². The van der Waals surface area contributed by atoms with Gasteiger partial charge in [-0.25, -0.2) is 0 Å². The molecular weight excluding hydrogens is 452 g/mol. The molecule has 2 N–H and O–H groups in total. The number of ether oxygens (including phenoxy) is 1. The molecule has 0 spiro atoms. The van der Waals surface area contributed by atoms with Crippen LogP contribution in [0.4, 0.5) is 5.13 Å². The van der Waals surface area contributed by atoms with Crippen LogP contribution in [-0.4, -0.2) is 46.5 Å². The largest absolute Gasteiger partial charge is 0.481 e. The quantitative estimate of drug-likeness (QED) is 0.349. The molecule has 180 valence electrons. The Morgan fingerprint density at radius 2 is 1.85 bits per heavy atom. The highest BCUT2D eigenvalue weighted by Crippen LogP contribution is 2.30. The number of carboxylic acids is 1. The number of aromatic nitrogens is 2. The van der Waals surface area contributed by atoms with Gasteiger partial charge in [0.25, 0.3) is 0 Å². The molecule has 1 heterocycles. The lowest BCUT2D eigenvalue weighted by atomic mass is 10.1. The number of hydrogen-bond donors (Lipinski definition) is 2. The fraction of sp³-hybridized carbons (Fsp3) is 0.360. The minimum atomic E-state index is -0.851. The number of nitrogens with zero attached hydrogens (tertiary/aromatic N) is 3. The summed E-state index contributed by atoms with van der Waals surface area (Å²) >= 11 is 1.39. The Hall–Kier alpha value is -3.30. The Morgan fingerprint density at radius 1 is 1.12 bits per heavy atom. The van der Waals surface area contributed by atoms with Gasteiger partial charge in [0.05, 0.1) is 12.8 Å². The lowest BCUT2D eigenvalue weighted by Gasteiger charge is -2.19. The normalized spacial score (nSPS) is 11.7. The Bertz CT molecular complexity index is 1060. The summed E-state index contributed by atoms with van der Waals surface area (Å²) in [6, 6.07) is 17.0. The number of anilines is 1. The van der Waals surface area contributed by atoms with E-state index in [0.717, 1.165) is 29.0 Å². The highest BCUT2D eigenvalue weighted by molar-refractivity contribution is 7.18. The molecule has 34 heavy (non-hydrogen) atoms. The van der Waals surface area contributed by atoms with Gasteiger partial charge in [-0.1, -0.05) is 55.0 Å². The summed E-state index contributed by atoms with van der Waals surface area (Å²) in [4.78, 5) is 25.5. The standard InChI is InChI=1S/C25H30N4O4S/c1-3-4-14-29(22(30)16-19-8-6-5-7-9-19)25-28-27-24(34-25)20-10-12-21(13-11-20)33-17-26-18(2)15-23(31)32/h5-13,18,26H,3-4,14-17H2,1-2H3,(H,31,32). The summed E-state index contributed by atoms with van der Waals surface area (Å²) in [5.74, 6) is -0.183. The third-order valence-electron chi connectivity index (χ3n) is 5.13. The monoisotopic (exact) mass is 482 g/mol. The third kappa shape index (κ3) is 7.64. The van der Waals surface area contributed by atoms with Crippen LogP contribution in [0, 0.1) is 0 Å². The average molecular weight is 483 g/mol. The maximum atomic E-state index is 13.0. The number of hydrogen-bond acceptors (Lipinski definition) is 7. The van der Waals surface area contributed by atoms with Gasteiger partial charge in [0.15, 0.2) is 0 Å². The zero-order chi connectivity index (χ0) is 24.3. The first-order valence-corrected chi connectivity index (χ1v) is 12.1. The summed E-state index contributed by atoms with van der Waals surface area (Å²) in [5.41, 5.74) is 1.86. The van der Waals surface area contributed by atoms with E-state index in [1.165, 1.54) is 11.3 Å². The maximum Gasteiger partial charge on any atom is 0.304 e. The lowest BCUT2D eigenvalue weighted by molar-refractivity contribution is -0.137. The van der Waals surface area contributed by atoms with Crippen LogP contribution in [-0.2, 0) is 16.0 Å². The predicted molar refractivity (Wildman–Crippen MR) is 133 cm³/mol. The number of rotatable bonds is 13. The molecule has 1 atom stereocenters. The third-order valence-corrected chi connectivity index (χ3v) is 6.13. The zero-order valence-electron chi connectivity index (χ0n) is 19.4. The molecule has 0 bridgehead atoms. The van der Waals surface area contributed by atoms with Gasteiger partial charge in [0.1, 0.15) is 17.5 Å². The van der Waals surface area contributed by atoms with Crippen molar-refractivity contribution >= 4 is 28.3 Å². The first kappa shape index (κ1) is 25.3. The van der Waals surface area contributed by atoms with Crippen molar-refractivity contribution in [3.05, 3.63) is 60.2 Å². The number of nitrogens with one attached hydrogen (secondary N) is 1. The Balaban J connectivity index is 1.63. The summed E-state index contributed by atoms with van der Waals surface area (Å²) in [6.07, 6.45) is 2.22. The van der Waals surface area contributed by atoms with Gasteiger partial charge in [-0.3, -0.25) is 19.8 Å². The molecule has 0 radical (unpaired) electrons. The second kappa shape index (κ2) is 12.8. The molecule has 1 unspecified atom stereocenters. The van der Waals surface area contributed by atoms with E-state index < -0.39 is 5.97 Å². The number of benzene rings is 2. The highest BCUT2D eigenvalue weighted by atomic mass is 32.1. The Labute approximate surface area is 203 Å². The first-order chi connectivity index (χ1) is 16.5. The van der Waals surface area contributed by atoms with Crippen molar-refractivity contribution in [2.75, 3.05) is 18.2 Å². The van der Waals surface area contributed by atoms with Crippen LogP contribution in [0.1, 0.15) is 38.7 Å². The van der Waals surface area contributed by atoms with E-state index >= 15 is 0 Å². The fourth-order valence-corrected chi connectivity index (χ4v) is 4.14. The van der Waals surface area contributed by atoms with E-state index in [0.29, 0.717) is 23.8 Å². The molecular formula is C25H30N4O4S. The molecule has 8 nitrogen and oxygen atoms in total. The van der Waals surface area contributed by atoms with Crippen LogP contribution in [0.2, 0.25) is 0 Å². The van der Waals surface area contributed by atoms with Crippen molar-refractivity contribution in [3.63, 3.8) is 0 Å². The lowest BCUT2D eigenvalue weighted by Crippen LogP contribution is -2.33. The molecule has 1 amide bonds. The second-order valence-electron chi connectivity index (χ2n) is 7.97. The van der Waals surface area contributed by atoms with E-state index in [1.807, 2.05) is 54.6 Å². The number of unbranched alkanes of at least 4 members (excludes halogenated alkanes) is 1. The van der Waals surface area contributed by atoms with Gasteiger partial charge < -0.3 is 9.84 Å². The number of amides is 1. The first-order valence-electron chi connectivity index (χ1n) is 11.3. The van der Waals surface area contributed by atoms with Gasteiger partial charge >= 0.3 is 5.97 Å². The Kier molecular flexibility index (Phi) is 9.54. The van der Waals surface area contributed by atoms with Crippen LogP contribution in [0.25, 0.3) is 10.6 Å². The Morgan fingerprint density at radius 3 is 2.53 bits per heavy atom. The summed E-state index contributed by atoms with van der Waals surface area (Å²) < 4.78 is 5.64. The molecule has 1 aromatic heterocycles. The minimum absolute atomic E-state index is 0.00993. The van der Waals surface area contributed by atoms with E-state index in [2.05, 4.69) is 22.4 Å². The van der Waals surface area contributed by atoms with Gasteiger partial charge in [-0.05, 0) is 43.2 Å². The highest BCUT2D eigenvalue weighted by Gasteiger charge is 2.20. The smallest absolute Gasteiger partial charge is 0.304 e. The predicted octanol–water partition coefficient (Wildman–Crippen LogP) is 4.37. The van der Waals surface area contributed by atoms with Crippen molar-refractivity contribution in [1.82, 2.24) is 15.5 Å². The van der Waals surface area contributed by atoms with Gasteiger partial charge in [-0.2, -0.15) is 0 Å². The fourth-order valence-electron chi connectivity index (χ4n) is 3.25. The van der Waals surface area contributed by atoms with Crippen LogP contribution < -0.4 is 15.0 Å². The molecule has 0 fully saturated rings. The van der Waals surface area contributed by atoms with Gasteiger partial charge in [-0.15, -0.1) is 10.2 Å². The summed E-state index contributed by atoms with van der Waals surface area (Å²) in [7, 11) is 0. The molecule has 0 aliphatic rings. The topological polar surface area (TPSA) is 105 Å². The van der Waals surface area contributed by atoms with Crippen LogP contribution >= 0.6 is 11.3 Å². The van der Waals surface area contributed by atoms with Gasteiger partial charge in [0, 0.05) is 18.2 Å². The second-order valence-corrected chi connectivity index (χ2v) is 8.92. The molecule has 0 aliphatic carbocycles. The van der Waals surface area contributed by atoms with Crippen molar-refractivity contribution in [2.24, 2.45) is 0 Å². The molecule has 0 saturated carbocycles. The summed E-state index contributed by atoms with van der Waals surface area (Å²) in [5, 5.41) is 21.8. The number of carboxylic acid groups (broad SMARTS) is 1. The van der Waals surface area contributed by atoms with Crippen molar-refractivity contribution in [1.29, 1.82) is 0 Å². The number of carbonyl (C=O) groups excluding carboxylic acids is 1. The maximum absolute atomic E-state index is 13.0. The molecule has 0 saturated heterocycles. The van der Waals surface area contributed by atoms with Crippen molar-refractivity contribution in [3.8, 4) is 16.3 Å². The number of carbonyl (C=O) groups is 2. The van der Waals surface area contributed by atoms with Crippen molar-refractivity contribution < 1.29 is 19.4 Å². The summed E-state index contributed by atoms with van der Waals surface area (Å²) in [6.45, 7) is 4.71. The average Bonchev–Trinajstić information content (AvgIpc) is 3.30. The molecule has 3 rings (SSSR count). The molecule has 3 aromatic rings. The molecule has 9 heteroatoms. The van der Waals surface area contributed by atoms with Crippen LogP contribution in [0.5, 0.6) is 5.75 Å². The van der Waals surface area contributed by atoms with E-state index in [-0.39, 0.29) is 25.1 Å². The molecule has 2 aromatic carbocycles. The minimum Gasteiger partial charge on any atom is -0.481 e. The van der Waals surface area contributed by atoms with E-state index in [4.69, 9.17) is 9.84 Å². The zero-order valence-corrected chi connectivity index (χ0v) is 20.3. The van der Waals surface area contributed by atoms with E-state index in [9.17, 15) is 9.59 Å². The van der Waals surface area contributed by atoms with Crippen LogP contribution in [0.15, 0.2) is 54.6 Å². The molecule has 0 aliphatic heterocycles. The SMILES string of the molecule is CCCCN(C(=O)Cc1ccccc1)c1nnc(-c2ccc(OCNC(C)CC(=O)O)cc2)s1.